The third-order valence-electron chi connectivity index (χ3n) is 3.67. The van der Waals surface area contributed by atoms with Crippen LogP contribution in [-0.2, 0) is 4.79 Å². The summed E-state index contributed by atoms with van der Waals surface area (Å²) < 4.78 is 5.09. The molecule has 1 atom stereocenters. The van der Waals surface area contributed by atoms with E-state index in [-0.39, 0.29) is 5.92 Å². The fourth-order valence-electron chi connectivity index (χ4n) is 2.43. The van der Waals surface area contributed by atoms with E-state index >= 15 is 0 Å². The van der Waals surface area contributed by atoms with E-state index in [0.29, 0.717) is 22.3 Å². The second-order valence-electron chi connectivity index (χ2n) is 5.39. The molecule has 1 amide bonds. The monoisotopic (exact) mass is 365 g/mol. The first-order chi connectivity index (χ1) is 12.7. The summed E-state index contributed by atoms with van der Waals surface area (Å²) in [4.78, 5) is 19.5. The van der Waals surface area contributed by atoms with Crippen LogP contribution in [0.2, 0.25) is 5.02 Å². The maximum Gasteiger partial charge on any atom is 0.300 e. The minimum Gasteiger partial charge on any atom is -0.495 e. The molecule has 130 valence electrons. The fraction of sp³-hybridized carbons (Fsp3) is 0.100. The summed E-state index contributed by atoms with van der Waals surface area (Å²) in [6.45, 7) is 0. The lowest BCUT2D eigenvalue weighted by Gasteiger charge is -2.08. The number of amides is 1. The zero-order valence-electron chi connectivity index (χ0n) is 14.0. The van der Waals surface area contributed by atoms with Gasteiger partial charge in [-0.2, -0.15) is 0 Å². The van der Waals surface area contributed by atoms with Crippen LogP contribution < -0.4 is 10.1 Å². The van der Waals surface area contributed by atoms with Crippen molar-refractivity contribution >= 4 is 23.2 Å². The molecular weight excluding hydrogens is 350 g/mol. The summed E-state index contributed by atoms with van der Waals surface area (Å²) in [5, 5.41) is 3.12. The van der Waals surface area contributed by atoms with Crippen LogP contribution in [0.15, 0.2) is 60.9 Å². The van der Waals surface area contributed by atoms with Crippen LogP contribution in [0.25, 0.3) is 0 Å². The van der Waals surface area contributed by atoms with Gasteiger partial charge >= 0.3 is 0 Å². The zero-order chi connectivity index (χ0) is 18.4. The van der Waals surface area contributed by atoms with Crippen molar-refractivity contribution in [1.82, 2.24) is 9.97 Å². The SMILES string of the molecule is COc1ccc(NC(=O)C#CC(c2ccccc2)c2ncc[nH]2)cc1Cl. The molecule has 1 aromatic heterocycles. The molecule has 2 aromatic carbocycles. The second-order valence-corrected chi connectivity index (χ2v) is 5.80. The van der Waals surface area contributed by atoms with Gasteiger partial charge in [-0.05, 0) is 29.7 Å². The van der Waals surface area contributed by atoms with E-state index in [0.717, 1.165) is 5.56 Å². The Morgan fingerprint density at radius 2 is 2.08 bits per heavy atom. The van der Waals surface area contributed by atoms with Crippen molar-refractivity contribution in [2.24, 2.45) is 0 Å². The molecule has 0 spiro atoms. The zero-order valence-corrected chi connectivity index (χ0v) is 14.7. The fourth-order valence-corrected chi connectivity index (χ4v) is 2.69. The topological polar surface area (TPSA) is 67.0 Å². The van der Waals surface area contributed by atoms with Gasteiger partial charge in [0.1, 0.15) is 17.5 Å². The van der Waals surface area contributed by atoms with Crippen molar-refractivity contribution in [3.8, 4) is 17.6 Å². The molecule has 2 N–H and O–H groups in total. The van der Waals surface area contributed by atoms with Gasteiger partial charge in [0.05, 0.1) is 12.1 Å². The Labute approximate surface area is 156 Å². The molecule has 5 nitrogen and oxygen atoms in total. The van der Waals surface area contributed by atoms with Crippen LogP contribution in [0.3, 0.4) is 0 Å². The standard InChI is InChI=1S/C20H16ClN3O2/c1-26-18-9-7-15(13-17(18)21)24-19(25)10-8-16(20-22-11-12-23-20)14-5-3-2-4-6-14/h2-7,9,11-13,16H,1H3,(H,22,23)(H,24,25). The van der Waals surface area contributed by atoms with Gasteiger partial charge in [-0.25, -0.2) is 4.98 Å². The smallest absolute Gasteiger partial charge is 0.300 e. The molecule has 0 bridgehead atoms. The Morgan fingerprint density at radius 3 is 2.73 bits per heavy atom. The van der Waals surface area contributed by atoms with Crippen molar-refractivity contribution in [3.05, 3.63) is 77.3 Å². The number of aromatic amines is 1. The van der Waals surface area contributed by atoms with Crippen molar-refractivity contribution in [1.29, 1.82) is 0 Å². The highest BCUT2D eigenvalue weighted by molar-refractivity contribution is 6.32. The summed E-state index contributed by atoms with van der Waals surface area (Å²) in [6.07, 6.45) is 3.39. The van der Waals surface area contributed by atoms with Crippen molar-refractivity contribution in [3.63, 3.8) is 0 Å². The van der Waals surface area contributed by atoms with Gasteiger partial charge in [0.15, 0.2) is 0 Å². The average Bonchev–Trinajstić information content (AvgIpc) is 3.17. The third-order valence-corrected chi connectivity index (χ3v) is 3.96. The maximum atomic E-state index is 12.2. The number of halogens is 1. The van der Waals surface area contributed by atoms with Crippen LogP contribution in [0.5, 0.6) is 5.75 Å². The Morgan fingerprint density at radius 1 is 1.27 bits per heavy atom. The quantitative estimate of drug-likeness (QED) is 0.690. The number of methoxy groups -OCH3 is 1. The summed E-state index contributed by atoms with van der Waals surface area (Å²) in [6, 6.07) is 14.7. The molecule has 3 rings (SSSR count). The number of carbonyl (C=O) groups is 1. The normalized spacial score (nSPS) is 11.2. The number of anilines is 1. The molecule has 6 heteroatoms. The number of nitrogens with one attached hydrogen (secondary N) is 2. The van der Waals surface area contributed by atoms with Gasteiger partial charge in [0.2, 0.25) is 0 Å². The molecule has 0 fully saturated rings. The first kappa shape index (κ1) is 17.6. The van der Waals surface area contributed by atoms with Gasteiger partial charge < -0.3 is 15.0 Å². The van der Waals surface area contributed by atoms with E-state index in [2.05, 4.69) is 27.1 Å². The van der Waals surface area contributed by atoms with Crippen LogP contribution in [0.1, 0.15) is 17.3 Å². The molecule has 0 saturated carbocycles. The summed E-state index contributed by atoms with van der Waals surface area (Å²) in [5.74, 6) is 6.08. The maximum absolute atomic E-state index is 12.2. The number of nitrogens with zero attached hydrogens (tertiary/aromatic N) is 1. The molecule has 1 heterocycles. The first-order valence-electron chi connectivity index (χ1n) is 7.87. The number of H-pyrrole nitrogens is 1. The van der Waals surface area contributed by atoms with Crippen LogP contribution in [0.4, 0.5) is 5.69 Å². The van der Waals surface area contributed by atoms with E-state index in [4.69, 9.17) is 16.3 Å². The highest BCUT2D eigenvalue weighted by atomic mass is 35.5. The van der Waals surface area contributed by atoms with Gasteiger partial charge in [-0.15, -0.1) is 0 Å². The minimum absolute atomic E-state index is 0.323. The second kappa shape index (κ2) is 8.24. The minimum atomic E-state index is -0.432. The summed E-state index contributed by atoms with van der Waals surface area (Å²) in [7, 11) is 1.53. The number of hydrogen-bond donors (Lipinski definition) is 2. The number of carbonyl (C=O) groups excluding carboxylic acids is 1. The lowest BCUT2D eigenvalue weighted by Crippen LogP contribution is -2.09. The van der Waals surface area contributed by atoms with Gasteiger partial charge in [0, 0.05) is 18.1 Å². The predicted molar refractivity (Wildman–Crippen MR) is 101 cm³/mol. The number of hydrogen-bond acceptors (Lipinski definition) is 3. The third kappa shape index (κ3) is 4.24. The molecule has 3 aromatic rings. The van der Waals surface area contributed by atoms with Crippen LogP contribution in [-0.4, -0.2) is 23.0 Å². The molecular formula is C20H16ClN3O2. The van der Waals surface area contributed by atoms with Gasteiger partial charge in [0.25, 0.3) is 5.91 Å². The Kier molecular flexibility index (Phi) is 5.57. The highest BCUT2D eigenvalue weighted by Crippen LogP contribution is 2.27. The van der Waals surface area contributed by atoms with Gasteiger partial charge in [-0.1, -0.05) is 47.9 Å². The number of benzene rings is 2. The van der Waals surface area contributed by atoms with Crippen molar-refractivity contribution in [2.75, 3.05) is 12.4 Å². The number of rotatable bonds is 4. The predicted octanol–water partition coefficient (Wildman–Crippen LogP) is 3.85. The molecule has 0 radical (unpaired) electrons. The molecule has 0 saturated heterocycles. The van der Waals surface area contributed by atoms with E-state index in [1.54, 1.807) is 30.6 Å². The van der Waals surface area contributed by atoms with Crippen molar-refractivity contribution in [2.45, 2.75) is 5.92 Å². The molecule has 0 aliphatic heterocycles. The summed E-state index contributed by atoms with van der Waals surface area (Å²) in [5.41, 5.74) is 1.50. The van der Waals surface area contributed by atoms with E-state index in [9.17, 15) is 4.79 Å². The van der Waals surface area contributed by atoms with Crippen LogP contribution >= 0.6 is 11.6 Å². The number of ether oxygens (including phenoxy) is 1. The molecule has 1 unspecified atom stereocenters. The van der Waals surface area contributed by atoms with E-state index in [1.165, 1.54) is 7.11 Å². The average molecular weight is 366 g/mol. The molecule has 0 aliphatic rings. The lowest BCUT2D eigenvalue weighted by atomic mass is 9.99. The van der Waals surface area contributed by atoms with E-state index < -0.39 is 5.91 Å². The Balaban J connectivity index is 1.79. The Bertz CT molecular complexity index is 944. The lowest BCUT2D eigenvalue weighted by molar-refractivity contribution is -0.111. The molecule has 0 aliphatic carbocycles. The Hall–Kier alpha value is -3.23. The van der Waals surface area contributed by atoms with Crippen LogP contribution in [0, 0.1) is 11.8 Å². The largest absolute Gasteiger partial charge is 0.495 e. The molecule has 26 heavy (non-hydrogen) atoms. The first-order valence-corrected chi connectivity index (χ1v) is 8.25. The number of imidazole rings is 1. The summed E-state index contributed by atoms with van der Waals surface area (Å²) >= 11 is 6.06. The number of aromatic nitrogens is 2. The van der Waals surface area contributed by atoms with E-state index in [1.807, 2.05) is 30.3 Å². The highest BCUT2D eigenvalue weighted by Gasteiger charge is 2.13. The van der Waals surface area contributed by atoms with Gasteiger partial charge in [-0.3, -0.25) is 4.79 Å². The van der Waals surface area contributed by atoms with Crippen molar-refractivity contribution < 1.29 is 9.53 Å².